The Bertz CT molecular complexity index is 654. The minimum absolute atomic E-state index is 0.312. The number of benzene rings is 2. The van der Waals surface area contributed by atoms with Gasteiger partial charge in [0.25, 0.3) is 0 Å². The maximum absolute atomic E-state index is 6.23. The Kier molecular flexibility index (Phi) is 4.88. The van der Waals surface area contributed by atoms with Gasteiger partial charge in [-0.05, 0) is 18.2 Å². The summed E-state index contributed by atoms with van der Waals surface area (Å²) in [6, 6.07) is 10.9. The number of halogens is 1. The molecular formula is C15H15ClN2O2S. The number of hydrogen-bond donors (Lipinski definition) is 2. The highest BCUT2D eigenvalue weighted by atomic mass is 35.5. The van der Waals surface area contributed by atoms with Crippen LogP contribution >= 0.6 is 23.8 Å². The monoisotopic (exact) mass is 322 g/mol. The van der Waals surface area contributed by atoms with E-state index in [0.29, 0.717) is 21.5 Å². The van der Waals surface area contributed by atoms with Crippen LogP contribution in [0.2, 0.25) is 5.02 Å². The van der Waals surface area contributed by atoms with Crippen molar-refractivity contribution in [2.45, 2.75) is 0 Å². The lowest BCUT2D eigenvalue weighted by atomic mass is 10.2. The van der Waals surface area contributed by atoms with Crippen LogP contribution in [0.3, 0.4) is 0 Å². The summed E-state index contributed by atoms with van der Waals surface area (Å²) >= 11 is 11.2. The van der Waals surface area contributed by atoms with Crippen molar-refractivity contribution in [3.63, 3.8) is 0 Å². The third kappa shape index (κ3) is 3.77. The van der Waals surface area contributed by atoms with Gasteiger partial charge in [0, 0.05) is 29.4 Å². The lowest BCUT2D eigenvalue weighted by Gasteiger charge is -2.12. The van der Waals surface area contributed by atoms with Crippen LogP contribution in [0.5, 0.6) is 11.5 Å². The van der Waals surface area contributed by atoms with Crippen molar-refractivity contribution in [1.82, 2.24) is 0 Å². The Morgan fingerprint density at radius 2 is 1.71 bits per heavy atom. The Balaban J connectivity index is 2.31. The summed E-state index contributed by atoms with van der Waals surface area (Å²) in [5.41, 5.74) is 7.85. The lowest BCUT2D eigenvalue weighted by Crippen LogP contribution is -2.09. The fraction of sp³-hybridized carbons (Fsp3) is 0.133. The van der Waals surface area contributed by atoms with Crippen molar-refractivity contribution in [1.29, 1.82) is 0 Å². The van der Waals surface area contributed by atoms with Gasteiger partial charge in [-0.1, -0.05) is 23.8 Å². The van der Waals surface area contributed by atoms with Crippen molar-refractivity contribution in [2.75, 3.05) is 19.5 Å². The van der Waals surface area contributed by atoms with E-state index in [1.54, 1.807) is 26.4 Å². The average molecular weight is 323 g/mol. The smallest absolute Gasteiger partial charge is 0.124 e. The predicted octanol–water partition coefficient (Wildman–Crippen LogP) is 3.74. The second kappa shape index (κ2) is 6.65. The Hall–Kier alpha value is -1.98. The number of anilines is 2. The summed E-state index contributed by atoms with van der Waals surface area (Å²) in [4.78, 5) is 0.312. The molecule has 0 amide bonds. The predicted molar refractivity (Wildman–Crippen MR) is 90.2 cm³/mol. The third-order valence-corrected chi connectivity index (χ3v) is 3.43. The number of rotatable bonds is 5. The summed E-state index contributed by atoms with van der Waals surface area (Å²) in [6.07, 6.45) is 0. The zero-order valence-electron chi connectivity index (χ0n) is 11.6. The maximum Gasteiger partial charge on any atom is 0.124 e. The van der Waals surface area contributed by atoms with Crippen LogP contribution in [0.4, 0.5) is 11.4 Å². The molecular weight excluding hydrogens is 308 g/mol. The molecule has 0 radical (unpaired) electrons. The highest BCUT2D eigenvalue weighted by Crippen LogP contribution is 2.31. The van der Waals surface area contributed by atoms with Gasteiger partial charge in [-0.25, -0.2) is 0 Å². The van der Waals surface area contributed by atoms with Crippen LogP contribution in [0.15, 0.2) is 36.4 Å². The van der Waals surface area contributed by atoms with Gasteiger partial charge < -0.3 is 20.5 Å². The summed E-state index contributed by atoms with van der Waals surface area (Å²) in [5, 5.41) is 3.74. The molecule has 2 aromatic carbocycles. The van der Waals surface area contributed by atoms with Gasteiger partial charge in [0.1, 0.15) is 16.5 Å². The zero-order valence-corrected chi connectivity index (χ0v) is 13.2. The minimum Gasteiger partial charge on any atom is -0.497 e. The number of nitrogens with one attached hydrogen (secondary N) is 1. The molecule has 2 rings (SSSR count). The van der Waals surface area contributed by atoms with Crippen molar-refractivity contribution in [3.8, 4) is 11.5 Å². The van der Waals surface area contributed by atoms with Crippen molar-refractivity contribution in [3.05, 3.63) is 47.0 Å². The van der Waals surface area contributed by atoms with Gasteiger partial charge in [-0.3, -0.25) is 0 Å². The van der Waals surface area contributed by atoms with Crippen molar-refractivity contribution < 1.29 is 9.47 Å². The molecule has 0 spiro atoms. The summed E-state index contributed by atoms with van der Waals surface area (Å²) < 4.78 is 10.5. The second-order valence-electron chi connectivity index (χ2n) is 4.29. The third-order valence-electron chi connectivity index (χ3n) is 2.88. The van der Waals surface area contributed by atoms with Crippen LogP contribution in [-0.4, -0.2) is 19.2 Å². The molecule has 0 heterocycles. The van der Waals surface area contributed by atoms with E-state index in [-0.39, 0.29) is 0 Å². The minimum atomic E-state index is 0.312. The molecule has 0 saturated carbocycles. The van der Waals surface area contributed by atoms with Gasteiger partial charge in [0.05, 0.1) is 24.9 Å². The highest BCUT2D eigenvalue weighted by Gasteiger charge is 2.06. The molecule has 0 bridgehead atoms. The molecule has 0 aliphatic carbocycles. The van der Waals surface area contributed by atoms with Crippen LogP contribution in [0.1, 0.15) is 5.56 Å². The van der Waals surface area contributed by atoms with Crippen LogP contribution < -0.4 is 20.5 Å². The van der Waals surface area contributed by atoms with Gasteiger partial charge in [0.2, 0.25) is 0 Å². The number of ether oxygens (including phenoxy) is 2. The molecule has 21 heavy (non-hydrogen) atoms. The maximum atomic E-state index is 6.23. The molecule has 3 N–H and O–H groups in total. The van der Waals surface area contributed by atoms with Crippen LogP contribution in [0.25, 0.3) is 0 Å². The second-order valence-corrected chi connectivity index (χ2v) is 5.13. The van der Waals surface area contributed by atoms with Gasteiger partial charge in [0.15, 0.2) is 0 Å². The Labute approximate surface area is 133 Å². The summed E-state index contributed by atoms with van der Waals surface area (Å²) in [5.74, 6) is 1.38. The lowest BCUT2D eigenvalue weighted by molar-refractivity contribution is 0.395. The van der Waals surface area contributed by atoms with E-state index in [1.807, 2.05) is 24.3 Å². The topological polar surface area (TPSA) is 56.5 Å². The molecule has 2 aromatic rings. The normalized spacial score (nSPS) is 10.0. The summed E-state index contributed by atoms with van der Waals surface area (Å²) in [6.45, 7) is 0. The summed E-state index contributed by atoms with van der Waals surface area (Å²) in [7, 11) is 3.20. The van der Waals surface area contributed by atoms with Crippen LogP contribution in [0, 0.1) is 0 Å². The molecule has 0 aliphatic rings. The molecule has 0 saturated heterocycles. The molecule has 6 heteroatoms. The fourth-order valence-corrected chi connectivity index (χ4v) is 2.16. The van der Waals surface area contributed by atoms with E-state index < -0.39 is 0 Å². The molecule has 4 nitrogen and oxygen atoms in total. The fourth-order valence-electron chi connectivity index (χ4n) is 1.80. The van der Waals surface area contributed by atoms with Gasteiger partial charge in [-0.15, -0.1) is 0 Å². The van der Waals surface area contributed by atoms with E-state index in [1.165, 1.54) is 0 Å². The van der Waals surface area contributed by atoms with Gasteiger partial charge >= 0.3 is 0 Å². The molecule has 0 unspecified atom stereocenters. The van der Waals surface area contributed by atoms with Crippen molar-refractivity contribution in [2.24, 2.45) is 5.73 Å². The average Bonchev–Trinajstić information content (AvgIpc) is 2.48. The first kappa shape index (κ1) is 15.4. The van der Waals surface area contributed by atoms with E-state index in [0.717, 1.165) is 16.9 Å². The molecule has 110 valence electrons. The quantitative estimate of drug-likeness (QED) is 0.821. The number of hydrogen-bond acceptors (Lipinski definition) is 4. The standard InChI is InChI=1S/C15H15ClN2O2S/c1-19-11-6-10(7-12(8-11)20-2)18-14-4-3-9(15(17)21)5-13(14)16/h3-8,18H,1-2H3,(H2,17,21). The largest absolute Gasteiger partial charge is 0.497 e. The molecule has 0 aliphatic heterocycles. The number of thiocarbonyl (C=S) groups is 1. The first-order valence-electron chi connectivity index (χ1n) is 6.13. The van der Waals surface area contributed by atoms with Crippen molar-refractivity contribution >= 4 is 40.2 Å². The molecule has 0 aromatic heterocycles. The first-order valence-corrected chi connectivity index (χ1v) is 6.91. The van der Waals surface area contributed by atoms with Gasteiger partial charge in [-0.2, -0.15) is 0 Å². The van der Waals surface area contributed by atoms with E-state index >= 15 is 0 Å². The molecule has 0 fully saturated rings. The number of nitrogens with two attached hydrogens (primary N) is 1. The SMILES string of the molecule is COc1cc(Nc2ccc(C(N)=S)cc2Cl)cc(OC)c1. The highest BCUT2D eigenvalue weighted by molar-refractivity contribution is 7.80. The van der Waals surface area contributed by atoms with E-state index in [2.05, 4.69) is 5.32 Å². The molecule has 0 atom stereocenters. The Morgan fingerprint density at radius 1 is 1.10 bits per heavy atom. The van der Waals surface area contributed by atoms with E-state index in [9.17, 15) is 0 Å². The van der Waals surface area contributed by atoms with Crippen LogP contribution in [-0.2, 0) is 0 Å². The first-order chi connectivity index (χ1) is 10.0. The zero-order chi connectivity index (χ0) is 15.4. The van der Waals surface area contributed by atoms with E-state index in [4.69, 9.17) is 39.0 Å². The number of methoxy groups -OCH3 is 2. The Morgan fingerprint density at radius 3 is 2.19 bits per heavy atom.